The molecule has 0 N–H and O–H groups in total. The molecule has 0 atom stereocenters. The normalized spacial score (nSPS) is 11.3. The molecule has 0 bridgehead atoms. The van der Waals surface area contributed by atoms with Gasteiger partial charge in [-0.2, -0.15) is 0 Å². The highest BCUT2D eigenvalue weighted by Crippen LogP contribution is 2.31. The molecule has 0 aliphatic heterocycles. The van der Waals surface area contributed by atoms with Crippen LogP contribution in [0.3, 0.4) is 0 Å². The maximum atomic E-state index is 14.8. The fourth-order valence-corrected chi connectivity index (χ4v) is 3.36. The Morgan fingerprint density at radius 1 is 0.516 bits per heavy atom. The zero-order valence-electron chi connectivity index (χ0n) is 16.7. The second kappa shape index (κ2) is 8.60. The molecule has 0 radical (unpaired) electrons. The molecule has 0 nitrogen and oxygen atoms in total. The lowest BCUT2D eigenvalue weighted by atomic mass is 9.98. The van der Waals surface area contributed by atoms with Crippen molar-refractivity contribution in [2.75, 3.05) is 0 Å². The molecule has 154 valence electrons. The van der Waals surface area contributed by atoms with Gasteiger partial charge in [0.1, 0.15) is 0 Å². The van der Waals surface area contributed by atoms with Gasteiger partial charge < -0.3 is 0 Å². The average Bonchev–Trinajstić information content (AvgIpc) is 2.80. The summed E-state index contributed by atoms with van der Waals surface area (Å²) in [6.45, 7) is 1.50. The van der Waals surface area contributed by atoms with Crippen LogP contribution >= 0.6 is 0 Å². The Morgan fingerprint density at radius 2 is 1.10 bits per heavy atom. The van der Waals surface area contributed by atoms with Crippen LogP contribution in [0, 0.1) is 30.2 Å². The summed E-state index contributed by atoms with van der Waals surface area (Å²) >= 11 is 0. The van der Waals surface area contributed by atoms with Crippen LogP contribution < -0.4 is 0 Å². The Bertz CT molecular complexity index is 1260. The lowest BCUT2D eigenvalue weighted by molar-refractivity contribution is 0.501. The summed E-state index contributed by atoms with van der Waals surface area (Å²) in [4.78, 5) is 0. The molecule has 0 heterocycles. The Hall–Kier alpha value is -3.66. The van der Waals surface area contributed by atoms with Gasteiger partial charge in [-0.05, 0) is 29.2 Å². The predicted molar refractivity (Wildman–Crippen MR) is 117 cm³/mol. The molecule has 4 aromatic carbocycles. The van der Waals surface area contributed by atoms with E-state index in [0.717, 1.165) is 0 Å². The summed E-state index contributed by atoms with van der Waals surface area (Å²) in [5, 5.41) is 0. The zero-order chi connectivity index (χ0) is 22.0. The lowest BCUT2D eigenvalue weighted by Gasteiger charge is -2.09. The monoisotopic (exact) mass is 418 g/mol. The van der Waals surface area contributed by atoms with Gasteiger partial charge in [-0.15, -0.1) is 0 Å². The van der Waals surface area contributed by atoms with E-state index in [2.05, 4.69) is 0 Å². The number of benzene rings is 4. The minimum atomic E-state index is -0.915. The fraction of sp³-hybridized carbons (Fsp3) is 0.0370. The van der Waals surface area contributed by atoms with Gasteiger partial charge in [0, 0.05) is 16.7 Å². The van der Waals surface area contributed by atoms with E-state index < -0.39 is 23.3 Å². The SMILES string of the molecule is Cc1ccc(/C=C/c2ccc(-c3ccc(-c4ccccc4)c(F)c3F)cc2)c(F)c1F. The summed E-state index contributed by atoms with van der Waals surface area (Å²) in [5.74, 6) is -3.58. The van der Waals surface area contributed by atoms with Crippen molar-refractivity contribution in [3.05, 3.63) is 119 Å². The number of hydrogen-bond acceptors (Lipinski definition) is 0. The van der Waals surface area contributed by atoms with Gasteiger partial charge in [-0.1, -0.05) is 91.0 Å². The lowest BCUT2D eigenvalue weighted by Crippen LogP contribution is -1.94. The standard InChI is InChI=1S/C27H18F4/c1-17-7-11-21(25(29)24(17)28)14-10-18-8-12-20(13-9-18)23-16-15-22(26(30)27(23)31)19-5-3-2-4-6-19/h2-16H,1H3/b14-10+. The van der Waals surface area contributed by atoms with Crippen molar-refractivity contribution in [2.45, 2.75) is 6.92 Å². The first-order valence-corrected chi connectivity index (χ1v) is 9.72. The van der Waals surface area contributed by atoms with E-state index >= 15 is 0 Å². The van der Waals surface area contributed by atoms with E-state index in [1.165, 1.54) is 25.1 Å². The van der Waals surface area contributed by atoms with Crippen molar-refractivity contribution in [1.29, 1.82) is 0 Å². The summed E-state index contributed by atoms with van der Waals surface area (Å²) < 4.78 is 57.1. The number of aryl methyl sites for hydroxylation is 1. The van der Waals surface area contributed by atoms with Crippen molar-refractivity contribution in [3.8, 4) is 22.3 Å². The highest BCUT2D eigenvalue weighted by Gasteiger charge is 2.15. The van der Waals surface area contributed by atoms with Gasteiger partial charge >= 0.3 is 0 Å². The molecule has 0 spiro atoms. The number of halogens is 4. The molecular formula is C27H18F4. The quantitative estimate of drug-likeness (QED) is 0.232. The highest BCUT2D eigenvalue weighted by molar-refractivity contribution is 5.74. The second-order valence-corrected chi connectivity index (χ2v) is 7.21. The van der Waals surface area contributed by atoms with E-state index in [1.807, 2.05) is 6.07 Å². The molecule has 0 aliphatic rings. The third kappa shape index (κ3) is 4.15. The van der Waals surface area contributed by atoms with Crippen LogP contribution in [0.4, 0.5) is 17.6 Å². The van der Waals surface area contributed by atoms with Crippen LogP contribution in [0.25, 0.3) is 34.4 Å². The molecule has 0 aliphatic carbocycles. The van der Waals surface area contributed by atoms with Gasteiger partial charge in [0.05, 0.1) is 0 Å². The molecule has 0 aromatic heterocycles. The Kier molecular flexibility index (Phi) is 5.72. The second-order valence-electron chi connectivity index (χ2n) is 7.21. The average molecular weight is 418 g/mol. The third-order valence-electron chi connectivity index (χ3n) is 5.15. The van der Waals surface area contributed by atoms with E-state index in [4.69, 9.17) is 0 Å². The fourth-order valence-electron chi connectivity index (χ4n) is 3.36. The molecule has 0 saturated heterocycles. The largest absolute Gasteiger partial charge is 0.203 e. The zero-order valence-corrected chi connectivity index (χ0v) is 16.7. The maximum Gasteiger partial charge on any atom is 0.167 e. The number of rotatable bonds is 4. The Balaban J connectivity index is 1.60. The molecular weight excluding hydrogens is 400 g/mol. The molecule has 4 rings (SSSR count). The Labute approximate surface area is 178 Å². The van der Waals surface area contributed by atoms with Crippen molar-refractivity contribution in [1.82, 2.24) is 0 Å². The van der Waals surface area contributed by atoms with Crippen LogP contribution in [0.2, 0.25) is 0 Å². The van der Waals surface area contributed by atoms with E-state index in [-0.39, 0.29) is 22.3 Å². The molecule has 4 heteroatoms. The molecule has 4 aromatic rings. The first-order chi connectivity index (χ1) is 15.0. The Morgan fingerprint density at radius 3 is 1.71 bits per heavy atom. The summed E-state index contributed by atoms with van der Waals surface area (Å²) in [6.07, 6.45) is 3.11. The van der Waals surface area contributed by atoms with Gasteiger partial charge in [-0.3, -0.25) is 0 Å². The molecule has 31 heavy (non-hydrogen) atoms. The van der Waals surface area contributed by atoms with E-state index in [0.29, 0.717) is 16.7 Å². The van der Waals surface area contributed by atoms with Crippen LogP contribution in [0.1, 0.15) is 16.7 Å². The molecule has 0 fully saturated rings. The third-order valence-corrected chi connectivity index (χ3v) is 5.15. The van der Waals surface area contributed by atoms with Crippen LogP contribution in [0.15, 0.2) is 78.9 Å². The maximum absolute atomic E-state index is 14.8. The summed E-state index contributed by atoms with van der Waals surface area (Å²) in [6, 6.07) is 21.7. The van der Waals surface area contributed by atoms with Crippen molar-refractivity contribution >= 4 is 12.2 Å². The molecule has 0 amide bonds. The van der Waals surface area contributed by atoms with Crippen LogP contribution in [-0.2, 0) is 0 Å². The molecule has 0 saturated carbocycles. The predicted octanol–water partition coefficient (Wildman–Crippen LogP) is 8.06. The highest BCUT2D eigenvalue weighted by atomic mass is 19.2. The first kappa shape index (κ1) is 20.6. The first-order valence-electron chi connectivity index (χ1n) is 9.72. The molecule has 0 unspecified atom stereocenters. The van der Waals surface area contributed by atoms with E-state index in [1.54, 1.807) is 66.7 Å². The van der Waals surface area contributed by atoms with Crippen LogP contribution in [-0.4, -0.2) is 0 Å². The van der Waals surface area contributed by atoms with Crippen molar-refractivity contribution in [2.24, 2.45) is 0 Å². The van der Waals surface area contributed by atoms with Crippen molar-refractivity contribution < 1.29 is 17.6 Å². The number of hydrogen-bond donors (Lipinski definition) is 0. The van der Waals surface area contributed by atoms with E-state index in [9.17, 15) is 17.6 Å². The van der Waals surface area contributed by atoms with Crippen molar-refractivity contribution in [3.63, 3.8) is 0 Å². The van der Waals surface area contributed by atoms with Gasteiger partial charge in [-0.25, -0.2) is 17.6 Å². The van der Waals surface area contributed by atoms with Gasteiger partial charge in [0.25, 0.3) is 0 Å². The van der Waals surface area contributed by atoms with Crippen LogP contribution in [0.5, 0.6) is 0 Å². The van der Waals surface area contributed by atoms with Gasteiger partial charge in [0.2, 0.25) is 0 Å². The minimum absolute atomic E-state index is 0.136. The topological polar surface area (TPSA) is 0 Å². The summed E-state index contributed by atoms with van der Waals surface area (Å²) in [5.41, 5.74) is 2.56. The summed E-state index contributed by atoms with van der Waals surface area (Å²) in [7, 11) is 0. The minimum Gasteiger partial charge on any atom is -0.203 e. The van der Waals surface area contributed by atoms with Gasteiger partial charge in [0.15, 0.2) is 23.3 Å². The smallest absolute Gasteiger partial charge is 0.167 e.